The second-order valence-electron chi connectivity index (χ2n) is 7.26. The number of hydrogen-bond donors (Lipinski definition) is 2. The molecular formula is C21H29N7O4S. The van der Waals surface area contributed by atoms with Crippen molar-refractivity contribution in [1.82, 2.24) is 19.9 Å². The summed E-state index contributed by atoms with van der Waals surface area (Å²) in [6.07, 6.45) is 3.37. The Balaban J connectivity index is 2.03. The molecule has 0 unspecified atom stereocenters. The molecule has 0 aromatic carbocycles. The molecule has 12 heteroatoms. The van der Waals surface area contributed by atoms with E-state index >= 15 is 0 Å². The van der Waals surface area contributed by atoms with Crippen molar-refractivity contribution in [1.29, 1.82) is 0 Å². The minimum Gasteiger partial charge on any atom is -0.477 e. The molecule has 0 bridgehead atoms. The van der Waals surface area contributed by atoms with Crippen molar-refractivity contribution in [3.63, 3.8) is 0 Å². The maximum atomic E-state index is 11.6. The highest BCUT2D eigenvalue weighted by Gasteiger charge is 2.24. The van der Waals surface area contributed by atoms with Crippen LogP contribution in [-0.2, 0) is 9.59 Å². The molecule has 1 aliphatic rings. The van der Waals surface area contributed by atoms with Gasteiger partial charge in [0, 0.05) is 33.0 Å². The Morgan fingerprint density at radius 1 is 0.909 bits per heavy atom. The molecule has 0 atom stereocenters. The molecule has 3 heterocycles. The van der Waals surface area contributed by atoms with Crippen LogP contribution in [0.25, 0.3) is 0 Å². The lowest BCUT2D eigenvalue weighted by Gasteiger charge is -2.27. The van der Waals surface area contributed by atoms with Crippen LogP contribution >= 0.6 is 11.8 Å². The normalized spacial score (nSPS) is 13.4. The molecule has 33 heavy (non-hydrogen) atoms. The molecular weight excluding hydrogens is 446 g/mol. The van der Waals surface area contributed by atoms with E-state index in [9.17, 15) is 9.59 Å². The van der Waals surface area contributed by atoms with E-state index in [0.29, 0.717) is 35.8 Å². The monoisotopic (exact) mass is 475 g/mol. The number of ether oxygens (including phenoxy) is 2. The number of rotatable bonds is 9. The van der Waals surface area contributed by atoms with Gasteiger partial charge < -0.3 is 25.0 Å². The summed E-state index contributed by atoms with van der Waals surface area (Å²) in [4.78, 5) is 43.8. The summed E-state index contributed by atoms with van der Waals surface area (Å²) >= 11 is 1.14. The van der Waals surface area contributed by atoms with Gasteiger partial charge in [0.25, 0.3) is 0 Å². The minimum absolute atomic E-state index is 0.255. The molecule has 2 amide bonds. The van der Waals surface area contributed by atoms with Crippen LogP contribution in [-0.4, -0.2) is 58.1 Å². The fraction of sp³-hybridized carbons (Fsp3) is 0.524. The van der Waals surface area contributed by atoms with Gasteiger partial charge in [0.2, 0.25) is 29.5 Å². The fourth-order valence-electron chi connectivity index (χ4n) is 3.24. The number of carbonyl (C=O) groups excluding carboxylic acids is 2. The van der Waals surface area contributed by atoms with Crippen LogP contribution in [0.5, 0.6) is 11.8 Å². The van der Waals surface area contributed by atoms with E-state index < -0.39 is 0 Å². The first-order valence-electron chi connectivity index (χ1n) is 10.9. The molecule has 1 saturated heterocycles. The lowest BCUT2D eigenvalue weighted by atomic mass is 10.1. The molecule has 0 aliphatic carbocycles. The zero-order valence-corrected chi connectivity index (χ0v) is 20.1. The zero-order chi connectivity index (χ0) is 23.8. The first-order chi connectivity index (χ1) is 15.9. The number of nitrogens with one attached hydrogen (secondary N) is 2. The molecule has 2 aromatic heterocycles. The molecule has 1 aliphatic heterocycles. The molecule has 0 saturated carbocycles. The van der Waals surface area contributed by atoms with Crippen molar-refractivity contribution in [3.05, 3.63) is 6.07 Å². The summed E-state index contributed by atoms with van der Waals surface area (Å²) in [5, 5.41) is 5.51. The van der Waals surface area contributed by atoms with Crippen molar-refractivity contribution in [2.75, 3.05) is 41.8 Å². The molecule has 3 rings (SSSR count). The van der Waals surface area contributed by atoms with Crippen molar-refractivity contribution in [2.24, 2.45) is 0 Å². The first-order valence-corrected chi connectivity index (χ1v) is 11.8. The van der Waals surface area contributed by atoms with E-state index in [2.05, 4.69) is 35.5 Å². The molecule has 2 aromatic rings. The van der Waals surface area contributed by atoms with Gasteiger partial charge in [-0.25, -0.2) is 9.97 Å². The summed E-state index contributed by atoms with van der Waals surface area (Å²) < 4.78 is 11.7. The van der Waals surface area contributed by atoms with Gasteiger partial charge in [-0.2, -0.15) is 9.97 Å². The summed E-state index contributed by atoms with van der Waals surface area (Å²) in [5.74, 6) is 1.23. The number of nitrogens with zero attached hydrogens (tertiary/aromatic N) is 5. The minimum atomic E-state index is -0.294. The van der Waals surface area contributed by atoms with E-state index in [1.165, 1.54) is 26.3 Å². The standard InChI is InChI=1S/C21H29N7O4S/c1-5-31-18-17(19(32-6-2)27-20(26-18)28-10-8-7-9-11-28)33-21-24-15(22-13(3)29)12-16(25-21)23-14(4)30/h12H,5-11H2,1-4H3,(H2,22,23,24,25,29,30). The van der Waals surface area contributed by atoms with Crippen LogP contribution in [0.1, 0.15) is 47.0 Å². The molecule has 11 nitrogen and oxygen atoms in total. The van der Waals surface area contributed by atoms with E-state index in [0.717, 1.165) is 37.7 Å². The van der Waals surface area contributed by atoms with Gasteiger partial charge in [-0.1, -0.05) is 0 Å². The van der Waals surface area contributed by atoms with Crippen LogP contribution in [0.15, 0.2) is 16.1 Å². The van der Waals surface area contributed by atoms with Crippen LogP contribution in [0.2, 0.25) is 0 Å². The summed E-state index contributed by atoms with van der Waals surface area (Å²) in [5.41, 5.74) is 0. The van der Waals surface area contributed by atoms with Crippen LogP contribution in [0.4, 0.5) is 17.6 Å². The third kappa shape index (κ3) is 6.91. The predicted octanol–water partition coefficient (Wildman–Crippen LogP) is 3.12. The highest BCUT2D eigenvalue weighted by atomic mass is 32.2. The Kier molecular flexibility index (Phi) is 8.64. The quantitative estimate of drug-likeness (QED) is 0.521. The fourth-order valence-corrected chi connectivity index (χ4v) is 4.10. The Bertz CT molecular complexity index is 937. The predicted molar refractivity (Wildman–Crippen MR) is 125 cm³/mol. The number of carbonyl (C=O) groups is 2. The van der Waals surface area contributed by atoms with Crippen LogP contribution in [0.3, 0.4) is 0 Å². The van der Waals surface area contributed by atoms with Gasteiger partial charge >= 0.3 is 0 Å². The highest BCUT2D eigenvalue weighted by Crippen LogP contribution is 2.40. The third-order valence-electron chi connectivity index (χ3n) is 4.50. The van der Waals surface area contributed by atoms with E-state index in [4.69, 9.17) is 9.47 Å². The number of piperidine rings is 1. The highest BCUT2D eigenvalue weighted by molar-refractivity contribution is 7.99. The van der Waals surface area contributed by atoms with Gasteiger partial charge in [-0.15, -0.1) is 0 Å². The average Bonchev–Trinajstić information content (AvgIpc) is 2.75. The zero-order valence-electron chi connectivity index (χ0n) is 19.3. The van der Waals surface area contributed by atoms with E-state index in [1.807, 2.05) is 13.8 Å². The van der Waals surface area contributed by atoms with Crippen molar-refractivity contribution in [2.45, 2.75) is 57.0 Å². The Morgan fingerprint density at radius 3 is 1.88 bits per heavy atom. The Morgan fingerprint density at radius 2 is 1.42 bits per heavy atom. The molecule has 2 N–H and O–H groups in total. The molecule has 178 valence electrons. The Hall–Kier alpha value is -3.15. The summed E-state index contributed by atoms with van der Waals surface area (Å²) in [6.45, 7) is 9.07. The number of anilines is 3. The van der Waals surface area contributed by atoms with Crippen molar-refractivity contribution >= 4 is 41.2 Å². The van der Waals surface area contributed by atoms with Crippen LogP contribution in [0, 0.1) is 0 Å². The first kappa shape index (κ1) is 24.5. The summed E-state index contributed by atoms with van der Waals surface area (Å²) in [7, 11) is 0. The summed E-state index contributed by atoms with van der Waals surface area (Å²) in [6, 6.07) is 1.48. The van der Waals surface area contributed by atoms with E-state index in [1.54, 1.807) is 0 Å². The second-order valence-corrected chi connectivity index (χ2v) is 8.24. The number of hydrogen-bond acceptors (Lipinski definition) is 10. The molecule has 1 fully saturated rings. The lowest BCUT2D eigenvalue weighted by molar-refractivity contribution is -0.115. The van der Waals surface area contributed by atoms with Crippen molar-refractivity contribution < 1.29 is 19.1 Å². The van der Waals surface area contributed by atoms with Gasteiger partial charge in [-0.05, 0) is 44.9 Å². The maximum Gasteiger partial charge on any atom is 0.236 e. The van der Waals surface area contributed by atoms with Crippen molar-refractivity contribution in [3.8, 4) is 11.8 Å². The Labute approximate surface area is 197 Å². The second kappa shape index (κ2) is 11.6. The van der Waals surface area contributed by atoms with Crippen LogP contribution < -0.4 is 25.0 Å². The molecule has 0 spiro atoms. The smallest absolute Gasteiger partial charge is 0.236 e. The van der Waals surface area contributed by atoms with Gasteiger partial charge in [0.05, 0.1) is 13.2 Å². The average molecular weight is 476 g/mol. The maximum absolute atomic E-state index is 11.6. The largest absolute Gasteiger partial charge is 0.477 e. The lowest BCUT2D eigenvalue weighted by Crippen LogP contribution is -2.31. The van der Waals surface area contributed by atoms with Gasteiger partial charge in [0.1, 0.15) is 16.5 Å². The topological polar surface area (TPSA) is 131 Å². The van der Waals surface area contributed by atoms with Gasteiger partial charge in [-0.3, -0.25) is 9.59 Å². The van der Waals surface area contributed by atoms with E-state index in [-0.39, 0.29) is 28.6 Å². The molecule has 0 radical (unpaired) electrons. The third-order valence-corrected chi connectivity index (χ3v) is 5.42. The van der Waals surface area contributed by atoms with Gasteiger partial charge in [0.15, 0.2) is 5.16 Å². The number of amides is 2. The number of aromatic nitrogens is 4. The SMILES string of the molecule is CCOc1nc(N2CCCCC2)nc(OCC)c1Sc1nc(NC(C)=O)cc(NC(C)=O)n1.